The molecule has 0 N–H and O–H groups in total. The van der Waals surface area contributed by atoms with Crippen molar-refractivity contribution in [1.29, 1.82) is 0 Å². The van der Waals surface area contributed by atoms with E-state index >= 15 is 0 Å². The summed E-state index contributed by atoms with van der Waals surface area (Å²) in [4.78, 5) is 6.22. The highest BCUT2D eigenvalue weighted by Gasteiger charge is 2.27. The molecular weight excluding hydrogens is 336 g/mol. The number of hydrogen-bond donors (Lipinski definition) is 0. The van der Waals surface area contributed by atoms with Gasteiger partial charge in [0, 0.05) is 22.1 Å². The molecule has 0 saturated heterocycles. The van der Waals surface area contributed by atoms with Crippen LogP contribution in [0.25, 0.3) is 37.9 Å². The van der Waals surface area contributed by atoms with Crippen LogP contribution in [0.15, 0.2) is 66.0 Å². The molecule has 3 aromatic heterocycles. The maximum Gasteiger partial charge on any atom is 0.146 e. The van der Waals surface area contributed by atoms with E-state index in [0.717, 1.165) is 11.2 Å². The second-order valence-electron chi connectivity index (χ2n) is 7.77. The zero-order chi connectivity index (χ0) is 17.9. The highest BCUT2D eigenvalue weighted by Crippen LogP contribution is 2.42. The van der Waals surface area contributed by atoms with Crippen molar-refractivity contribution in [2.75, 3.05) is 0 Å². The first-order valence-electron chi connectivity index (χ1n) is 8.92. The molecule has 0 aliphatic rings. The second-order valence-corrected chi connectivity index (χ2v) is 8.66. The van der Waals surface area contributed by atoms with Crippen molar-refractivity contribution < 1.29 is 0 Å². The van der Waals surface area contributed by atoms with Crippen molar-refractivity contribution in [2.24, 2.45) is 0 Å². The average Bonchev–Trinajstić information content (AvgIpc) is 3.22. The van der Waals surface area contributed by atoms with Crippen LogP contribution in [0.1, 0.15) is 26.5 Å². The van der Waals surface area contributed by atoms with Gasteiger partial charge in [0.1, 0.15) is 16.0 Å². The summed E-state index contributed by atoms with van der Waals surface area (Å²) < 4.78 is 2.39. The lowest BCUT2D eigenvalue weighted by molar-refractivity contribution is 0.567. The third-order valence-corrected chi connectivity index (χ3v) is 5.82. The molecule has 0 fully saturated rings. The first-order valence-corrected chi connectivity index (χ1v) is 9.80. The van der Waals surface area contributed by atoms with E-state index in [1.165, 1.54) is 32.4 Å². The Bertz CT molecular complexity index is 1250. The lowest BCUT2D eigenvalue weighted by atomic mass is 9.83. The molecule has 2 aromatic carbocycles. The minimum absolute atomic E-state index is 0.0227. The van der Waals surface area contributed by atoms with Gasteiger partial charge in [0.2, 0.25) is 0 Å². The summed E-state index contributed by atoms with van der Waals surface area (Å²) in [6.45, 7) is 6.88. The Labute approximate surface area is 156 Å². The van der Waals surface area contributed by atoms with Crippen molar-refractivity contribution >= 4 is 38.1 Å². The molecule has 0 atom stereocenters. The van der Waals surface area contributed by atoms with E-state index in [-0.39, 0.29) is 5.41 Å². The first kappa shape index (κ1) is 15.6. The predicted molar refractivity (Wildman–Crippen MR) is 112 cm³/mol. The Morgan fingerprint density at radius 3 is 2.27 bits per heavy atom. The van der Waals surface area contributed by atoms with E-state index in [9.17, 15) is 0 Å². The van der Waals surface area contributed by atoms with Gasteiger partial charge in [-0.1, -0.05) is 75.4 Å². The number of imidazole rings is 1. The van der Waals surface area contributed by atoms with Gasteiger partial charge in [0.05, 0.1) is 0 Å². The Hall–Kier alpha value is -2.65. The van der Waals surface area contributed by atoms with Gasteiger partial charge in [-0.15, -0.1) is 11.3 Å². The minimum Gasteiger partial charge on any atom is -0.286 e. The average molecular weight is 356 g/mol. The van der Waals surface area contributed by atoms with Crippen LogP contribution >= 0.6 is 11.3 Å². The number of nitrogens with zero attached hydrogens (tertiary/aromatic N) is 2. The molecule has 0 aliphatic heterocycles. The Kier molecular flexibility index (Phi) is 3.25. The zero-order valence-electron chi connectivity index (χ0n) is 15.2. The topological polar surface area (TPSA) is 17.3 Å². The van der Waals surface area contributed by atoms with Gasteiger partial charge < -0.3 is 0 Å². The van der Waals surface area contributed by atoms with Crippen LogP contribution in [0, 0.1) is 0 Å². The molecule has 3 heterocycles. The van der Waals surface area contributed by atoms with Crippen molar-refractivity contribution in [2.45, 2.75) is 26.2 Å². The standard InChI is InChI=1S/C23H20N2S/c1-23(2,3)20-19(15-9-5-4-6-10-15)16-11-7-8-12-17(16)21-24-18-13-14-26-22(18)25(20)21/h4-14H,1-3H3. The monoisotopic (exact) mass is 356 g/mol. The normalized spacial score (nSPS) is 12.4. The maximum absolute atomic E-state index is 4.99. The van der Waals surface area contributed by atoms with Crippen molar-refractivity contribution in [1.82, 2.24) is 9.38 Å². The summed E-state index contributed by atoms with van der Waals surface area (Å²) in [6, 6.07) is 21.5. The number of pyridine rings is 1. The fourth-order valence-electron chi connectivity index (χ4n) is 3.94. The van der Waals surface area contributed by atoms with Crippen LogP contribution < -0.4 is 0 Å². The molecule has 0 aliphatic carbocycles. The molecule has 128 valence electrons. The minimum atomic E-state index is -0.0227. The quantitative estimate of drug-likeness (QED) is 0.328. The van der Waals surface area contributed by atoms with Crippen molar-refractivity contribution in [3.05, 3.63) is 71.7 Å². The molecule has 2 nitrogen and oxygen atoms in total. The fourth-order valence-corrected chi connectivity index (χ4v) is 4.78. The molecule has 0 saturated carbocycles. The molecule has 0 unspecified atom stereocenters. The Morgan fingerprint density at radius 2 is 1.54 bits per heavy atom. The van der Waals surface area contributed by atoms with Gasteiger partial charge in [-0.25, -0.2) is 4.98 Å². The van der Waals surface area contributed by atoms with E-state index in [1.807, 2.05) is 0 Å². The third-order valence-electron chi connectivity index (χ3n) is 4.94. The molecule has 5 rings (SSSR count). The van der Waals surface area contributed by atoms with Crippen LogP contribution in [0.3, 0.4) is 0 Å². The maximum atomic E-state index is 4.99. The van der Waals surface area contributed by atoms with Crippen LogP contribution in [0.2, 0.25) is 0 Å². The molecule has 0 bridgehead atoms. The molecule has 0 amide bonds. The second kappa shape index (κ2) is 5.42. The SMILES string of the molecule is CC(C)(C)c1c(-c2ccccc2)c2ccccc2c2nc3ccsc3n12. The van der Waals surface area contributed by atoms with Gasteiger partial charge in [-0.2, -0.15) is 0 Å². The molecule has 0 radical (unpaired) electrons. The van der Waals surface area contributed by atoms with E-state index in [0.29, 0.717) is 0 Å². The van der Waals surface area contributed by atoms with E-state index < -0.39 is 0 Å². The molecule has 0 spiro atoms. The fraction of sp³-hybridized carbons (Fsp3) is 0.174. The summed E-state index contributed by atoms with van der Waals surface area (Å²) in [5.41, 5.74) is 6.01. The largest absolute Gasteiger partial charge is 0.286 e. The number of fused-ring (bicyclic) bond motifs is 5. The van der Waals surface area contributed by atoms with E-state index in [2.05, 4.69) is 91.2 Å². The zero-order valence-corrected chi connectivity index (χ0v) is 16.0. The lowest BCUT2D eigenvalue weighted by Crippen LogP contribution is -2.18. The van der Waals surface area contributed by atoms with Gasteiger partial charge in [0.15, 0.2) is 0 Å². The number of benzene rings is 2. The van der Waals surface area contributed by atoms with Gasteiger partial charge in [-0.05, 0) is 22.4 Å². The van der Waals surface area contributed by atoms with Crippen molar-refractivity contribution in [3.8, 4) is 11.1 Å². The first-order chi connectivity index (χ1) is 12.6. The molecule has 3 heteroatoms. The Morgan fingerprint density at radius 1 is 0.846 bits per heavy atom. The summed E-state index contributed by atoms with van der Waals surface area (Å²) in [7, 11) is 0. The molecule has 26 heavy (non-hydrogen) atoms. The van der Waals surface area contributed by atoms with Crippen LogP contribution in [-0.4, -0.2) is 9.38 Å². The van der Waals surface area contributed by atoms with Gasteiger partial charge >= 0.3 is 0 Å². The summed E-state index contributed by atoms with van der Waals surface area (Å²) >= 11 is 1.77. The highest BCUT2D eigenvalue weighted by molar-refractivity contribution is 7.16. The van der Waals surface area contributed by atoms with Crippen LogP contribution in [-0.2, 0) is 5.41 Å². The highest BCUT2D eigenvalue weighted by atomic mass is 32.1. The van der Waals surface area contributed by atoms with E-state index in [4.69, 9.17) is 4.98 Å². The lowest BCUT2D eigenvalue weighted by Gasteiger charge is -2.26. The summed E-state index contributed by atoms with van der Waals surface area (Å²) in [6.07, 6.45) is 0. The number of aromatic nitrogens is 2. The third kappa shape index (κ3) is 2.14. The summed E-state index contributed by atoms with van der Waals surface area (Å²) in [5, 5.41) is 4.62. The van der Waals surface area contributed by atoms with Gasteiger partial charge in [0.25, 0.3) is 0 Å². The van der Waals surface area contributed by atoms with Crippen LogP contribution in [0.4, 0.5) is 0 Å². The van der Waals surface area contributed by atoms with Crippen molar-refractivity contribution in [3.63, 3.8) is 0 Å². The smallest absolute Gasteiger partial charge is 0.146 e. The number of hydrogen-bond acceptors (Lipinski definition) is 2. The van der Waals surface area contributed by atoms with Gasteiger partial charge in [-0.3, -0.25) is 4.40 Å². The summed E-state index contributed by atoms with van der Waals surface area (Å²) in [5.74, 6) is 0. The molecule has 5 aromatic rings. The number of rotatable bonds is 1. The number of thiophene rings is 1. The predicted octanol–water partition coefficient (Wildman–Crippen LogP) is 6.67. The van der Waals surface area contributed by atoms with Crippen LogP contribution in [0.5, 0.6) is 0 Å². The molecular formula is C23H20N2S. The van der Waals surface area contributed by atoms with E-state index in [1.54, 1.807) is 11.3 Å². The Balaban J connectivity index is 2.13.